The van der Waals surface area contributed by atoms with Gasteiger partial charge >= 0.3 is 6.03 Å². The van der Waals surface area contributed by atoms with Crippen LogP contribution in [0.15, 0.2) is 12.7 Å². The van der Waals surface area contributed by atoms with E-state index < -0.39 is 0 Å². The Morgan fingerprint density at radius 3 is 2.62 bits per heavy atom. The number of hydrogen-bond acceptors (Lipinski definition) is 3. The molecule has 0 radical (unpaired) electrons. The zero-order valence-electron chi connectivity index (χ0n) is 13.7. The molecule has 0 aromatic carbocycles. The number of hydrogen-bond donors (Lipinski definition) is 2. The van der Waals surface area contributed by atoms with Gasteiger partial charge in [0.25, 0.3) is 0 Å². The molecule has 0 spiro atoms. The van der Waals surface area contributed by atoms with Gasteiger partial charge in [0.2, 0.25) is 0 Å². The molecule has 1 heterocycles. The number of aliphatic hydroxyl groups excluding tert-OH is 1. The molecule has 3 unspecified atom stereocenters. The van der Waals surface area contributed by atoms with Gasteiger partial charge in [0.05, 0.1) is 6.61 Å². The minimum atomic E-state index is -0.130. The van der Waals surface area contributed by atoms with Gasteiger partial charge in [-0.25, -0.2) is 4.79 Å². The molecule has 122 valence electrons. The predicted molar refractivity (Wildman–Crippen MR) is 86.2 cm³/mol. The van der Waals surface area contributed by atoms with Crippen LogP contribution in [-0.2, 0) is 0 Å². The number of likely N-dealkylation sites (tertiary alicyclic amines) is 1. The number of amides is 2. The largest absolute Gasteiger partial charge is 0.395 e. The second-order valence-corrected chi connectivity index (χ2v) is 6.47. The van der Waals surface area contributed by atoms with Gasteiger partial charge in [0.1, 0.15) is 0 Å². The van der Waals surface area contributed by atoms with Crippen LogP contribution < -0.4 is 5.32 Å². The van der Waals surface area contributed by atoms with Crippen LogP contribution in [0.25, 0.3) is 0 Å². The van der Waals surface area contributed by atoms with Crippen molar-refractivity contribution in [3.05, 3.63) is 12.7 Å². The smallest absolute Gasteiger partial charge is 0.318 e. The van der Waals surface area contributed by atoms with Gasteiger partial charge in [-0.3, -0.25) is 0 Å². The molecule has 1 saturated heterocycles. The van der Waals surface area contributed by atoms with Crippen LogP contribution in [0.1, 0.15) is 27.2 Å². The summed E-state index contributed by atoms with van der Waals surface area (Å²) in [6.45, 7) is 14.1. The van der Waals surface area contributed by atoms with Crippen molar-refractivity contribution in [2.45, 2.75) is 33.2 Å². The molecule has 0 aromatic rings. The number of aliphatic hydroxyl groups is 1. The first-order chi connectivity index (χ1) is 9.96. The van der Waals surface area contributed by atoms with Crippen molar-refractivity contribution in [1.29, 1.82) is 0 Å². The Balaban J connectivity index is 2.42. The van der Waals surface area contributed by atoms with Crippen LogP contribution in [0.5, 0.6) is 0 Å². The summed E-state index contributed by atoms with van der Waals surface area (Å²) in [4.78, 5) is 16.2. The van der Waals surface area contributed by atoms with Gasteiger partial charge in [0, 0.05) is 38.8 Å². The molecule has 21 heavy (non-hydrogen) atoms. The molecule has 2 amide bonds. The van der Waals surface area contributed by atoms with E-state index in [0.29, 0.717) is 13.1 Å². The van der Waals surface area contributed by atoms with Gasteiger partial charge in [-0.1, -0.05) is 19.9 Å². The highest BCUT2D eigenvalue weighted by Gasteiger charge is 2.23. The van der Waals surface area contributed by atoms with Gasteiger partial charge in [-0.2, -0.15) is 0 Å². The lowest BCUT2D eigenvalue weighted by atomic mass is 9.92. The SMILES string of the molecule is C=CCN(CCO)C(=O)NC(C)CN1CC(C)CC(C)C1. The molecule has 5 nitrogen and oxygen atoms in total. The molecule has 2 N–H and O–H groups in total. The highest BCUT2D eigenvalue weighted by atomic mass is 16.3. The Morgan fingerprint density at radius 1 is 1.48 bits per heavy atom. The number of nitrogens with zero attached hydrogens (tertiary/aromatic N) is 2. The van der Waals surface area contributed by atoms with Crippen molar-refractivity contribution in [2.75, 3.05) is 39.3 Å². The van der Waals surface area contributed by atoms with Crippen molar-refractivity contribution in [1.82, 2.24) is 15.1 Å². The second kappa shape index (κ2) is 9.05. The molecular formula is C16H31N3O2. The van der Waals surface area contributed by atoms with Gasteiger partial charge < -0.3 is 20.2 Å². The number of carbonyl (C=O) groups is 1. The first-order valence-corrected chi connectivity index (χ1v) is 7.95. The zero-order chi connectivity index (χ0) is 15.8. The van der Waals surface area contributed by atoms with Crippen molar-refractivity contribution in [2.24, 2.45) is 11.8 Å². The minimum Gasteiger partial charge on any atom is -0.395 e. The summed E-state index contributed by atoms with van der Waals surface area (Å²) >= 11 is 0. The van der Waals surface area contributed by atoms with E-state index in [1.165, 1.54) is 6.42 Å². The summed E-state index contributed by atoms with van der Waals surface area (Å²) in [6, 6.07) is -0.0319. The third-order valence-electron chi connectivity index (χ3n) is 3.85. The maximum atomic E-state index is 12.1. The van der Waals surface area contributed by atoms with Gasteiger partial charge in [0.15, 0.2) is 0 Å². The summed E-state index contributed by atoms with van der Waals surface area (Å²) in [5.74, 6) is 1.45. The molecule has 0 aliphatic carbocycles. The second-order valence-electron chi connectivity index (χ2n) is 6.47. The fraction of sp³-hybridized carbons (Fsp3) is 0.812. The fourth-order valence-electron chi connectivity index (χ4n) is 3.23. The Morgan fingerprint density at radius 2 is 2.10 bits per heavy atom. The molecule has 5 heteroatoms. The Hall–Kier alpha value is -1.07. The van der Waals surface area contributed by atoms with E-state index >= 15 is 0 Å². The summed E-state index contributed by atoms with van der Waals surface area (Å²) < 4.78 is 0. The number of carbonyl (C=O) groups excluding carboxylic acids is 1. The van der Waals surface area contributed by atoms with Crippen molar-refractivity contribution >= 4 is 6.03 Å². The number of nitrogens with one attached hydrogen (secondary N) is 1. The van der Waals surface area contributed by atoms with Crippen LogP contribution in [0.2, 0.25) is 0 Å². The van der Waals surface area contributed by atoms with Crippen molar-refractivity contribution < 1.29 is 9.90 Å². The highest BCUT2D eigenvalue weighted by molar-refractivity contribution is 5.74. The lowest BCUT2D eigenvalue weighted by Crippen LogP contribution is -2.50. The molecule has 1 aliphatic rings. The number of rotatable bonds is 7. The third kappa shape index (κ3) is 6.48. The average molecular weight is 297 g/mol. The van der Waals surface area contributed by atoms with E-state index in [1.807, 2.05) is 6.92 Å². The van der Waals surface area contributed by atoms with Crippen LogP contribution >= 0.6 is 0 Å². The van der Waals surface area contributed by atoms with E-state index in [1.54, 1.807) is 11.0 Å². The molecule has 3 atom stereocenters. The van der Waals surface area contributed by atoms with E-state index in [0.717, 1.165) is 31.5 Å². The molecule has 0 aromatic heterocycles. The molecular weight excluding hydrogens is 266 g/mol. The summed E-state index contributed by atoms with van der Waals surface area (Å²) in [5.41, 5.74) is 0. The first-order valence-electron chi connectivity index (χ1n) is 7.95. The molecule has 1 fully saturated rings. The number of urea groups is 1. The van der Waals surface area contributed by atoms with E-state index in [4.69, 9.17) is 5.11 Å². The van der Waals surface area contributed by atoms with Crippen molar-refractivity contribution in [3.63, 3.8) is 0 Å². The van der Waals surface area contributed by atoms with E-state index in [2.05, 4.69) is 30.6 Å². The Kier molecular flexibility index (Phi) is 7.75. The van der Waals surface area contributed by atoms with Crippen LogP contribution in [0, 0.1) is 11.8 Å². The third-order valence-corrected chi connectivity index (χ3v) is 3.85. The standard InChI is InChI=1S/C16H31N3O2/c1-5-6-19(7-8-20)16(21)17-15(4)12-18-10-13(2)9-14(3)11-18/h5,13-15,20H,1,6-12H2,2-4H3,(H,17,21). The summed E-state index contributed by atoms with van der Waals surface area (Å²) in [7, 11) is 0. The lowest BCUT2D eigenvalue weighted by Gasteiger charge is -2.36. The summed E-state index contributed by atoms with van der Waals surface area (Å²) in [5, 5.41) is 12.0. The summed E-state index contributed by atoms with van der Waals surface area (Å²) in [6.07, 6.45) is 2.97. The van der Waals surface area contributed by atoms with Gasteiger partial charge in [-0.05, 0) is 25.2 Å². The quantitative estimate of drug-likeness (QED) is 0.701. The van der Waals surface area contributed by atoms with Crippen molar-refractivity contribution in [3.8, 4) is 0 Å². The molecule has 1 aliphatic heterocycles. The zero-order valence-corrected chi connectivity index (χ0v) is 13.7. The maximum Gasteiger partial charge on any atom is 0.318 e. The van der Waals surface area contributed by atoms with E-state index in [-0.39, 0.29) is 18.7 Å². The lowest BCUT2D eigenvalue weighted by molar-refractivity contribution is 0.128. The predicted octanol–water partition coefficient (Wildman–Crippen LogP) is 1.54. The normalized spacial score (nSPS) is 24.4. The highest BCUT2D eigenvalue weighted by Crippen LogP contribution is 2.20. The Bertz CT molecular complexity index is 325. The van der Waals surface area contributed by atoms with E-state index in [9.17, 15) is 4.79 Å². The first kappa shape index (κ1) is 18.0. The number of piperidine rings is 1. The van der Waals surface area contributed by atoms with Crippen LogP contribution in [0.4, 0.5) is 4.79 Å². The Labute approximate surface area is 129 Å². The van der Waals surface area contributed by atoms with Gasteiger partial charge in [-0.15, -0.1) is 6.58 Å². The molecule has 0 bridgehead atoms. The topological polar surface area (TPSA) is 55.8 Å². The monoisotopic (exact) mass is 297 g/mol. The molecule has 1 rings (SSSR count). The fourth-order valence-corrected chi connectivity index (χ4v) is 3.23. The molecule has 0 saturated carbocycles. The van der Waals surface area contributed by atoms with Crippen LogP contribution in [0.3, 0.4) is 0 Å². The maximum absolute atomic E-state index is 12.1. The average Bonchev–Trinajstić information content (AvgIpc) is 2.36. The minimum absolute atomic E-state index is 0.0310. The van der Waals surface area contributed by atoms with Crippen LogP contribution in [-0.4, -0.2) is 66.3 Å².